The van der Waals surface area contributed by atoms with Crippen LogP contribution in [0, 0.1) is 0 Å². The fraction of sp³-hybridized carbons (Fsp3) is 0.924. The van der Waals surface area contributed by atoms with E-state index in [1.165, 1.54) is 379 Å². The maximum atomic E-state index is 12.4. The van der Waals surface area contributed by atoms with Gasteiger partial charge in [-0.1, -0.05) is 398 Å². The number of carbonyl (C=O) groups excluding carboxylic acids is 2. The molecule has 0 heterocycles. The molecule has 0 aliphatic carbocycles. The number of nitrogens with one attached hydrogen (secondary N) is 1. The van der Waals surface area contributed by atoms with Gasteiger partial charge in [-0.3, -0.25) is 9.59 Å². The lowest BCUT2D eigenvalue weighted by molar-refractivity contribution is -0.143. The van der Waals surface area contributed by atoms with E-state index in [1.807, 2.05) is 6.08 Å². The lowest BCUT2D eigenvalue weighted by Crippen LogP contribution is -2.45. The van der Waals surface area contributed by atoms with Crippen molar-refractivity contribution in [2.24, 2.45) is 0 Å². The third-order valence-corrected chi connectivity index (χ3v) is 18.5. The smallest absolute Gasteiger partial charge is 0.305 e. The Morgan fingerprint density at radius 1 is 0.318 bits per heavy atom. The minimum atomic E-state index is -0.839. The minimum Gasteiger partial charge on any atom is -0.466 e. The maximum Gasteiger partial charge on any atom is 0.305 e. The number of esters is 1. The summed E-state index contributed by atoms with van der Waals surface area (Å²) in [6.07, 6.45) is 96.1. The van der Waals surface area contributed by atoms with Gasteiger partial charge in [0.05, 0.1) is 25.4 Å². The molecule has 85 heavy (non-hydrogen) atoms. The van der Waals surface area contributed by atoms with Gasteiger partial charge in [-0.2, -0.15) is 0 Å². The minimum absolute atomic E-state index is 0.0279. The Hall–Kier alpha value is -1.66. The van der Waals surface area contributed by atoms with Gasteiger partial charge in [0.1, 0.15) is 0 Å². The van der Waals surface area contributed by atoms with Crippen molar-refractivity contribution in [1.29, 1.82) is 0 Å². The van der Waals surface area contributed by atoms with Gasteiger partial charge in [0.2, 0.25) is 5.91 Å². The number of rotatable bonds is 74. The lowest BCUT2D eigenvalue weighted by Gasteiger charge is -2.20. The summed E-state index contributed by atoms with van der Waals surface area (Å²) in [7, 11) is 0. The molecule has 0 aromatic carbocycles. The molecule has 0 aromatic rings. The molecule has 6 heteroatoms. The van der Waals surface area contributed by atoms with Crippen molar-refractivity contribution >= 4 is 11.9 Å². The fourth-order valence-corrected chi connectivity index (χ4v) is 12.5. The van der Waals surface area contributed by atoms with E-state index in [1.54, 1.807) is 6.08 Å². The SMILES string of the molecule is CCCCCCCCCC/C=C/C(O)C(CO)NC(=O)CCCCCCCCCCCCCCCCCCC/C=C\CCCCCCCCCCCCCCCCCCCCOC(=O)CCCCCCCCCCCCCCCCCCCCC. The van der Waals surface area contributed by atoms with Crippen LogP contribution < -0.4 is 5.32 Å². The molecule has 0 saturated heterocycles. The Kier molecular flexibility index (Phi) is 73.3. The van der Waals surface area contributed by atoms with E-state index in [0.29, 0.717) is 19.4 Å². The van der Waals surface area contributed by atoms with Crippen LogP contribution in [-0.4, -0.2) is 47.4 Å². The molecule has 2 atom stereocenters. The average Bonchev–Trinajstić information content (AvgIpc) is 3.51. The quantitative estimate of drug-likeness (QED) is 0.0320. The van der Waals surface area contributed by atoms with Crippen molar-refractivity contribution < 1.29 is 24.5 Å². The molecular weight excluding hydrogens is 1040 g/mol. The number of aliphatic hydroxyl groups excluding tert-OH is 2. The van der Waals surface area contributed by atoms with E-state index in [-0.39, 0.29) is 18.5 Å². The molecule has 3 N–H and O–H groups in total. The van der Waals surface area contributed by atoms with Gasteiger partial charge in [-0.15, -0.1) is 0 Å². The van der Waals surface area contributed by atoms with Crippen LogP contribution >= 0.6 is 0 Å². The number of ether oxygens (including phenoxy) is 1. The second-order valence-electron chi connectivity index (χ2n) is 27.0. The Bertz CT molecular complexity index is 1330. The summed E-state index contributed by atoms with van der Waals surface area (Å²) >= 11 is 0. The molecule has 2 unspecified atom stereocenters. The van der Waals surface area contributed by atoms with Crippen LogP contribution in [-0.2, 0) is 14.3 Å². The molecule has 504 valence electrons. The van der Waals surface area contributed by atoms with E-state index in [2.05, 4.69) is 31.3 Å². The Morgan fingerprint density at radius 2 is 0.553 bits per heavy atom. The molecule has 0 aliphatic rings. The normalized spacial score (nSPS) is 12.6. The maximum absolute atomic E-state index is 12.4. The summed E-state index contributed by atoms with van der Waals surface area (Å²) in [5.74, 6) is -0.0356. The van der Waals surface area contributed by atoms with Crippen molar-refractivity contribution in [3.63, 3.8) is 0 Å². The highest BCUT2D eigenvalue weighted by molar-refractivity contribution is 5.76. The van der Waals surface area contributed by atoms with Gasteiger partial charge < -0.3 is 20.3 Å². The molecule has 0 radical (unpaired) electrons. The number of carbonyl (C=O) groups is 2. The second kappa shape index (κ2) is 74.8. The van der Waals surface area contributed by atoms with Gasteiger partial charge >= 0.3 is 5.97 Å². The highest BCUT2D eigenvalue weighted by Crippen LogP contribution is 2.20. The molecule has 0 rings (SSSR count). The zero-order valence-electron chi connectivity index (χ0n) is 57.9. The highest BCUT2D eigenvalue weighted by Gasteiger charge is 2.18. The first-order valence-electron chi connectivity index (χ1n) is 39.1. The summed E-state index contributed by atoms with van der Waals surface area (Å²) < 4.78 is 5.52. The van der Waals surface area contributed by atoms with Crippen LogP contribution in [0.25, 0.3) is 0 Å². The van der Waals surface area contributed by atoms with Gasteiger partial charge in [-0.05, 0) is 57.8 Å². The molecule has 0 bridgehead atoms. The zero-order valence-corrected chi connectivity index (χ0v) is 57.9. The topological polar surface area (TPSA) is 95.9 Å². The van der Waals surface area contributed by atoms with Crippen molar-refractivity contribution in [3.05, 3.63) is 24.3 Å². The Balaban J connectivity index is 3.29. The van der Waals surface area contributed by atoms with Crippen LogP contribution in [0.4, 0.5) is 0 Å². The van der Waals surface area contributed by atoms with E-state index in [4.69, 9.17) is 4.74 Å². The highest BCUT2D eigenvalue weighted by atomic mass is 16.5. The van der Waals surface area contributed by atoms with Crippen molar-refractivity contribution in [1.82, 2.24) is 5.32 Å². The summed E-state index contributed by atoms with van der Waals surface area (Å²) in [4.78, 5) is 24.6. The number of aliphatic hydroxyl groups is 2. The molecule has 1 amide bonds. The third-order valence-electron chi connectivity index (χ3n) is 18.5. The summed E-state index contributed by atoms with van der Waals surface area (Å²) in [6.45, 7) is 4.93. The largest absolute Gasteiger partial charge is 0.466 e. The second-order valence-corrected chi connectivity index (χ2v) is 27.0. The third kappa shape index (κ3) is 71.3. The first-order valence-corrected chi connectivity index (χ1v) is 39.1. The monoisotopic (exact) mass is 1200 g/mol. The van der Waals surface area contributed by atoms with Gasteiger partial charge in [0.25, 0.3) is 0 Å². The van der Waals surface area contributed by atoms with Gasteiger partial charge in [-0.25, -0.2) is 0 Å². The summed E-state index contributed by atoms with van der Waals surface area (Å²) in [6, 6.07) is -0.622. The lowest BCUT2D eigenvalue weighted by atomic mass is 10.0. The fourth-order valence-electron chi connectivity index (χ4n) is 12.5. The van der Waals surface area contributed by atoms with Crippen molar-refractivity contribution in [3.8, 4) is 0 Å². The van der Waals surface area contributed by atoms with Crippen LogP contribution in [0.2, 0.25) is 0 Å². The molecule has 0 spiro atoms. The first-order chi connectivity index (χ1) is 42.0. The van der Waals surface area contributed by atoms with E-state index < -0.39 is 12.1 Å². The number of unbranched alkanes of at least 4 members (excludes halogenated alkanes) is 61. The predicted molar refractivity (Wildman–Crippen MR) is 375 cm³/mol. The van der Waals surface area contributed by atoms with Crippen LogP contribution in [0.1, 0.15) is 444 Å². The molecular formula is C79H153NO5. The zero-order chi connectivity index (χ0) is 61.3. The Morgan fingerprint density at radius 3 is 0.835 bits per heavy atom. The molecule has 6 nitrogen and oxygen atoms in total. The molecule has 0 aromatic heterocycles. The molecule has 0 fully saturated rings. The summed E-state index contributed by atoms with van der Waals surface area (Å²) in [5.41, 5.74) is 0. The molecule has 0 aliphatic heterocycles. The van der Waals surface area contributed by atoms with Crippen LogP contribution in [0.5, 0.6) is 0 Å². The van der Waals surface area contributed by atoms with Crippen molar-refractivity contribution in [2.45, 2.75) is 456 Å². The molecule has 0 saturated carbocycles. The average molecular weight is 1200 g/mol. The van der Waals surface area contributed by atoms with Crippen LogP contribution in [0.3, 0.4) is 0 Å². The van der Waals surface area contributed by atoms with E-state index in [9.17, 15) is 19.8 Å². The standard InChI is InChI=1S/C79H153NO5/c1-3-5-7-9-11-13-15-16-17-18-40-44-47-50-53-57-61-65-69-73-79(84)85-74-70-66-62-58-54-51-48-45-42-39-37-35-33-31-29-27-25-23-21-19-20-22-24-26-28-30-32-34-36-38-41-43-46-49-52-56-60-64-68-72-78(83)80-76(75-81)77(82)71-67-63-59-55-14-12-10-8-6-4-2/h19-20,67,71,76-77,81-82H,3-18,21-66,68-70,72-75H2,1-2H3,(H,80,83)/b20-19-,71-67+. The Labute approximate surface area is 532 Å². The predicted octanol–water partition coefficient (Wildman–Crippen LogP) is 25.7. The van der Waals surface area contributed by atoms with E-state index >= 15 is 0 Å². The number of hydrogen-bond acceptors (Lipinski definition) is 5. The van der Waals surface area contributed by atoms with Gasteiger partial charge in [0.15, 0.2) is 0 Å². The van der Waals surface area contributed by atoms with E-state index in [0.717, 1.165) is 38.5 Å². The first kappa shape index (κ1) is 83.3. The summed E-state index contributed by atoms with van der Waals surface area (Å²) in [5, 5.41) is 23.0. The van der Waals surface area contributed by atoms with Crippen LogP contribution in [0.15, 0.2) is 24.3 Å². The number of allylic oxidation sites excluding steroid dienone is 3. The number of hydrogen-bond donors (Lipinski definition) is 3. The van der Waals surface area contributed by atoms with Crippen molar-refractivity contribution in [2.75, 3.05) is 13.2 Å². The number of amides is 1. The van der Waals surface area contributed by atoms with Gasteiger partial charge in [0, 0.05) is 12.8 Å².